The number of hydrogen-bond acceptors (Lipinski definition) is 3. The fourth-order valence-electron chi connectivity index (χ4n) is 1.59. The Labute approximate surface area is 103 Å². The van der Waals surface area contributed by atoms with Crippen molar-refractivity contribution in [3.63, 3.8) is 0 Å². The molecule has 0 fully saturated rings. The number of ether oxygens (including phenoxy) is 1. The molecule has 1 rings (SSSR count). The minimum atomic E-state index is -0.945. The van der Waals surface area contributed by atoms with Crippen molar-refractivity contribution in [3.05, 3.63) is 45.8 Å². The van der Waals surface area contributed by atoms with E-state index in [9.17, 15) is 9.18 Å². The number of methoxy groups -OCH3 is 1. The summed E-state index contributed by atoms with van der Waals surface area (Å²) in [6.07, 6.45) is -0.701. The van der Waals surface area contributed by atoms with E-state index in [1.165, 1.54) is 19.2 Å². The molecule has 0 saturated heterocycles. The molecule has 2 atom stereocenters. The van der Waals surface area contributed by atoms with Gasteiger partial charge in [-0.25, -0.2) is 0 Å². The van der Waals surface area contributed by atoms with Crippen molar-refractivity contribution in [2.75, 3.05) is 13.8 Å². The molecule has 0 heterocycles. The van der Waals surface area contributed by atoms with E-state index >= 15 is 0 Å². The van der Waals surface area contributed by atoms with E-state index in [-0.39, 0.29) is 0 Å². The van der Waals surface area contributed by atoms with Crippen molar-refractivity contribution in [2.45, 2.75) is 12.1 Å². The van der Waals surface area contributed by atoms with Gasteiger partial charge in [-0.1, -0.05) is 17.2 Å². The van der Waals surface area contributed by atoms with E-state index < -0.39 is 24.7 Å². The second kappa shape index (κ2) is 6.58. The van der Waals surface area contributed by atoms with Gasteiger partial charge in [0, 0.05) is 17.6 Å². The monoisotopic (exact) mass is 252 g/mol. The lowest BCUT2D eigenvalue weighted by atomic mass is 10.0. The van der Waals surface area contributed by atoms with Gasteiger partial charge >= 0.3 is 0 Å². The van der Waals surface area contributed by atoms with Gasteiger partial charge in [0.1, 0.15) is 6.67 Å². The topological polar surface area (TPSA) is 101 Å². The quantitative estimate of drug-likeness (QED) is 0.476. The van der Waals surface area contributed by atoms with Crippen LogP contribution in [-0.4, -0.2) is 25.7 Å². The largest absolute Gasteiger partial charge is 0.376 e. The third kappa shape index (κ3) is 3.19. The van der Waals surface area contributed by atoms with Crippen LogP contribution in [0.25, 0.3) is 10.4 Å². The number of primary amides is 1. The lowest BCUT2D eigenvalue weighted by Gasteiger charge is -2.20. The van der Waals surface area contributed by atoms with Crippen LogP contribution < -0.4 is 5.73 Å². The Balaban J connectivity index is 3.01. The average Bonchev–Trinajstić information content (AvgIpc) is 2.39. The number of halogens is 1. The first-order valence-corrected chi connectivity index (χ1v) is 5.16. The van der Waals surface area contributed by atoms with Crippen LogP contribution >= 0.6 is 0 Å². The lowest BCUT2D eigenvalue weighted by Crippen LogP contribution is -2.20. The van der Waals surface area contributed by atoms with E-state index in [4.69, 9.17) is 16.0 Å². The average molecular weight is 252 g/mol. The molecule has 6 nitrogen and oxygen atoms in total. The molecule has 0 saturated carbocycles. The molecule has 96 valence electrons. The van der Waals surface area contributed by atoms with Crippen LogP contribution in [-0.2, 0) is 4.74 Å². The summed E-state index contributed by atoms with van der Waals surface area (Å²) in [5, 5.41) is 3.34. The summed E-state index contributed by atoms with van der Waals surface area (Å²) >= 11 is 0. The highest BCUT2D eigenvalue weighted by molar-refractivity contribution is 5.92. The molecule has 0 bridgehead atoms. The van der Waals surface area contributed by atoms with E-state index in [2.05, 4.69) is 10.0 Å². The van der Waals surface area contributed by atoms with E-state index in [0.717, 1.165) is 0 Å². The molecular formula is C11H13FN4O2. The molecular weight excluding hydrogens is 239 g/mol. The number of benzene rings is 1. The number of nitrogens with two attached hydrogens (primary N) is 1. The van der Waals surface area contributed by atoms with Gasteiger partial charge < -0.3 is 10.5 Å². The highest BCUT2D eigenvalue weighted by atomic mass is 19.1. The van der Waals surface area contributed by atoms with Crippen molar-refractivity contribution in [1.29, 1.82) is 0 Å². The second-order valence-electron chi connectivity index (χ2n) is 3.57. The zero-order chi connectivity index (χ0) is 13.5. The van der Waals surface area contributed by atoms with Gasteiger partial charge in [0.2, 0.25) is 5.91 Å². The van der Waals surface area contributed by atoms with Crippen molar-refractivity contribution < 1.29 is 13.9 Å². The van der Waals surface area contributed by atoms with Crippen molar-refractivity contribution in [1.82, 2.24) is 0 Å². The summed E-state index contributed by atoms with van der Waals surface area (Å²) in [4.78, 5) is 13.5. The first kappa shape index (κ1) is 14.0. The predicted octanol–water partition coefficient (Wildman–Crippen LogP) is 2.12. The van der Waals surface area contributed by atoms with Crippen LogP contribution in [0, 0.1) is 0 Å². The van der Waals surface area contributed by atoms with Gasteiger partial charge in [-0.05, 0) is 23.2 Å². The maximum Gasteiger partial charge on any atom is 0.248 e. The number of nitrogens with zero attached hydrogens (tertiary/aromatic N) is 3. The van der Waals surface area contributed by atoms with Crippen molar-refractivity contribution >= 4 is 5.91 Å². The van der Waals surface area contributed by atoms with Gasteiger partial charge in [0.15, 0.2) is 0 Å². The summed E-state index contributed by atoms with van der Waals surface area (Å²) in [5.74, 6) is -0.549. The third-order valence-corrected chi connectivity index (χ3v) is 2.49. The van der Waals surface area contributed by atoms with Crippen LogP contribution in [0.3, 0.4) is 0 Å². The Kier molecular flexibility index (Phi) is 5.10. The van der Waals surface area contributed by atoms with Gasteiger partial charge in [0.25, 0.3) is 0 Å². The molecule has 1 aromatic carbocycles. The molecule has 1 amide bonds. The van der Waals surface area contributed by atoms with E-state index in [1.807, 2.05) is 0 Å². The normalized spacial score (nSPS) is 13.4. The number of amides is 1. The lowest BCUT2D eigenvalue weighted by molar-refractivity contribution is 0.0721. The highest BCUT2D eigenvalue weighted by Gasteiger charge is 2.22. The predicted molar refractivity (Wildman–Crippen MR) is 63.6 cm³/mol. The molecule has 0 aliphatic rings. The van der Waals surface area contributed by atoms with Gasteiger partial charge in [-0.2, -0.15) is 0 Å². The summed E-state index contributed by atoms with van der Waals surface area (Å²) in [5.41, 5.74) is 14.4. The smallest absolute Gasteiger partial charge is 0.248 e. The van der Waals surface area contributed by atoms with Crippen LogP contribution in [0.15, 0.2) is 29.4 Å². The van der Waals surface area contributed by atoms with Crippen LogP contribution in [0.5, 0.6) is 0 Å². The molecule has 0 spiro atoms. The highest BCUT2D eigenvalue weighted by Crippen LogP contribution is 2.24. The maximum atomic E-state index is 12.8. The van der Waals surface area contributed by atoms with Crippen LogP contribution in [0.1, 0.15) is 22.0 Å². The number of carbonyl (C=O) groups is 1. The number of azide groups is 1. The summed E-state index contributed by atoms with van der Waals surface area (Å²) < 4.78 is 17.9. The molecule has 0 radical (unpaired) electrons. The molecule has 1 aromatic rings. The van der Waals surface area contributed by atoms with Gasteiger partial charge in [0.05, 0.1) is 12.1 Å². The fourth-order valence-corrected chi connectivity index (χ4v) is 1.59. The summed E-state index contributed by atoms with van der Waals surface area (Å²) in [6, 6.07) is 5.25. The van der Waals surface area contributed by atoms with E-state index in [0.29, 0.717) is 11.1 Å². The number of alkyl halides is 1. The first-order chi connectivity index (χ1) is 8.63. The Bertz CT molecular complexity index is 457. The SMILES string of the molecule is CO[C@H](c1ccc(C(N)=O)cc1)[C@@H](CF)N=[N+]=[N-]. The third-order valence-electron chi connectivity index (χ3n) is 2.49. The summed E-state index contributed by atoms with van der Waals surface area (Å²) in [6.45, 7) is -0.833. The Hall–Kier alpha value is -2.11. The van der Waals surface area contributed by atoms with Crippen molar-refractivity contribution in [2.24, 2.45) is 10.8 Å². The van der Waals surface area contributed by atoms with Gasteiger partial charge in [-0.15, -0.1) is 0 Å². The number of carbonyl (C=O) groups excluding carboxylic acids is 1. The summed E-state index contributed by atoms with van der Waals surface area (Å²) in [7, 11) is 1.39. The number of rotatable bonds is 6. The molecule has 0 aliphatic carbocycles. The standard InChI is InChI=1S/C11H13FN4O2/c1-18-10(9(6-12)15-16-14)7-2-4-8(5-3-7)11(13)17/h2-5,9-10H,6H2,1H3,(H2,13,17)/t9-,10-/m1/s1. The molecule has 0 aromatic heterocycles. The van der Waals surface area contributed by atoms with E-state index in [1.54, 1.807) is 12.1 Å². The van der Waals surface area contributed by atoms with Crippen LogP contribution in [0.4, 0.5) is 4.39 Å². The zero-order valence-electron chi connectivity index (χ0n) is 9.78. The second-order valence-corrected chi connectivity index (χ2v) is 3.57. The van der Waals surface area contributed by atoms with Crippen molar-refractivity contribution in [3.8, 4) is 0 Å². The molecule has 2 N–H and O–H groups in total. The zero-order valence-corrected chi connectivity index (χ0v) is 9.78. The Morgan fingerprint density at radius 2 is 2.17 bits per heavy atom. The van der Waals surface area contributed by atoms with Crippen LogP contribution in [0.2, 0.25) is 0 Å². The minimum absolute atomic E-state index is 0.342. The minimum Gasteiger partial charge on any atom is -0.376 e. The fraction of sp³-hybridized carbons (Fsp3) is 0.364. The molecule has 0 unspecified atom stereocenters. The Morgan fingerprint density at radius 1 is 1.56 bits per heavy atom. The Morgan fingerprint density at radius 3 is 2.56 bits per heavy atom. The molecule has 18 heavy (non-hydrogen) atoms. The maximum absolute atomic E-state index is 12.8. The molecule has 7 heteroatoms. The molecule has 0 aliphatic heterocycles. The number of hydrogen-bond donors (Lipinski definition) is 1. The van der Waals surface area contributed by atoms with Gasteiger partial charge in [-0.3, -0.25) is 9.18 Å². The first-order valence-electron chi connectivity index (χ1n) is 5.16.